The van der Waals surface area contributed by atoms with Crippen molar-refractivity contribution in [2.45, 2.75) is 51.5 Å². The molecule has 1 nitrogen and oxygen atoms in total. The number of likely N-dealkylation sites (N-methyl/N-ethyl adjacent to an activating group) is 1. The van der Waals surface area contributed by atoms with Crippen molar-refractivity contribution in [2.24, 2.45) is 5.41 Å². The Labute approximate surface area is 103 Å². The van der Waals surface area contributed by atoms with Crippen LogP contribution in [0.5, 0.6) is 0 Å². The smallest absolute Gasteiger partial charge is 0.0169 e. The summed E-state index contributed by atoms with van der Waals surface area (Å²) in [6, 6.07) is 5.10. The van der Waals surface area contributed by atoms with Crippen molar-refractivity contribution in [3.05, 3.63) is 22.4 Å². The zero-order valence-electron chi connectivity index (χ0n) is 10.5. The average Bonchev–Trinajstić information content (AvgIpc) is 2.97. The molecule has 1 aliphatic carbocycles. The molecule has 1 fully saturated rings. The minimum atomic E-state index is 0.568. The predicted molar refractivity (Wildman–Crippen MR) is 72.1 cm³/mol. The summed E-state index contributed by atoms with van der Waals surface area (Å²) >= 11 is 1.89. The molecule has 1 aromatic rings. The first kappa shape index (κ1) is 12.1. The summed E-state index contributed by atoms with van der Waals surface area (Å²) in [7, 11) is 2.13. The van der Waals surface area contributed by atoms with Crippen LogP contribution in [0, 0.1) is 5.41 Å². The predicted octanol–water partition coefficient (Wildman–Crippen LogP) is 3.85. The molecule has 0 radical (unpaired) electrons. The molecule has 16 heavy (non-hydrogen) atoms. The van der Waals surface area contributed by atoms with Crippen LogP contribution in [0.3, 0.4) is 0 Å². The maximum atomic E-state index is 3.58. The van der Waals surface area contributed by atoms with Gasteiger partial charge in [-0.15, -0.1) is 11.3 Å². The van der Waals surface area contributed by atoms with Gasteiger partial charge in [0.2, 0.25) is 0 Å². The van der Waals surface area contributed by atoms with Crippen LogP contribution in [0.25, 0.3) is 0 Å². The van der Waals surface area contributed by atoms with Crippen LogP contribution in [-0.4, -0.2) is 13.1 Å². The number of nitrogens with one attached hydrogen (secondary N) is 1. The van der Waals surface area contributed by atoms with Crippen molar-refractivity contribution in [1.29, 1.82) is 0 Å². The van der Waals surface area contributed by atoms with E-state index < -0.39 is 0 Å². The lowest BCUT2D eigenvalue weighted by Gasteiger charge is -2.36. The van der Waals surface area contributed by atoms with Gasteiger partial charge in [-0.05, 0) is 49.6 Å². The third-order valence-corrected chi connectivity index (χ3v) is 5.28. The normalized spacial score (nSPS) is 21.1. The molecule has 1 heterocycles. The zero-order chi connectivity index (χ0) is 11.4. The van der Waals surface area contributed by atoms with Crippen molar-refractivity contribution >= 4 is 11.3 Å². The Morgan fingerprint density at radius 2 is 2.19 bits per heavy atom. The Kier molecular flexibility index (Phi) is 4.04. The molecule has 0 saturated heterocycles. The fourth-order valence-electron chi connectivity index (χ4n) is 3.28. The van der Waals surface area contributed by atoms with Gasteiger partial charge in [-0.2, -0.15) is 0 Å². The molecule has 0 spiro atoms. The molecule has 1 atom stereocenters. The molecule has 0 bridgehead atoms. The number of rotatable bonds is 5. The first-order valence-electron chi connectivity index (χ1n) is 6.50. The first-order chi connectivity index (χ1) is 7.80. The summed E-state index contributed by atoms with van der Waals surface area (Å²) in [6.07, 6.45) is 8.22. The highest BCUT2D eigenvalue weighted by Crippen LogP contribution is 2.44. The summed E-state index contributed by atoms with van der Waals surface area (Å²) in [4.78, 5) is 1.53. The van der Waals surface area contributed by atoms with Crippen molar-refractivity contribution in [3.8, 4) is 0 Å². The van der Waals surface area contributed by atoms with E-state index in [1.165, 1.54) is 43.4 Å². The van der Waals surface area contributed by atoms with Gasteiger partial charge in [0, 0.05) is 10.9 Å². The van der Waals surface area contributed by atoms with Crippen LogP contribution in [0.2, 0.25) is 0 Å². The third-order valence-electron chi connectivity index (χ3n) is 4.38. The lowest BCUT2D eigenvalue weighted by molar-refractivity contribution is 0.193. The molecular weight excluding hydrogens is 214 g/mol. The summed E-state index contributed by atoms with van der Waals surface area (Å²) in [6.45, 7) is 2.37. The van der Waals surface area contributed by atoms with E-state index in [1.807, 2.05) is 11.3 Å². The minimum absolute atomic E-state index is 0.568. The highest BCUT2D eigenvalue weighted by molar-refractivity contribution is 7.09. The number of hydrogen-bond donors (Lipinski definition) is 1. The summed E-state index contributed by atoms with van der Waals surface area (Å²) in [5, 5.41) is 5.77. The molecule has 0 amide bonds. The number of thiophene rings is 1. The second-order valence-corrected chi connectivity index (χ2v) is 6.08. The van der Waals surface area contributed by atoms with Crippen LogP contribution < -0.4 is 5.32 Å². The Bertz CT molecular complexity index is 299. The van der Waals surface area contributed by atoms with Crippen LogP contribution in [-0.2, 0) is 6.42 Å². The Balaban J connectivity index is 2.08. The maximum absolute atomic E-state index is 3.58. The fourth-order valence-corrected chi connectivity index (χ4v) is 4.03. The molecule has 1 unspecified atom stereocenters. The minimum Gasteiger partial charge on any atom is -0.316 e. The molecule has 0 aromatic carbocycles. The van der Waals surface area contributed by atoms with E-state index in [2.05, 4.69) is 36.8 Å². The van der Waals surface area contributed by atoms with Gasteiger partial charge in [0.15, 0.2) is 0 Å². The SMILES string of the molecule is CCC1(C(Cc2cccs2)NC)CCCC1. The lowest BCUT2D eigenvalue weighted by Crippen LogP contribution is -2.43. The second-order valence-electron chi connectivity index (χ2n) is 5.05. The van der Waals surface area contributed by atoms with Gasteiger partial charge in [-0.25, -0.2) is 0 Å². The maximum Gasteiger partial charge on any atom is 0.0169 e. The molecule has 1 saturated carbocycles. The summed E-state index contributed by atoms with van der Waals surface area (Å²) in [5.74, 6) is 0. The van der Waals surface area contributed by atoms with Gasteiger partial charge in [-0.1, -0.05) is 25.8 Å². The highest BCUT2D eigenvalue weighted by Gasteiger charge is 2.38. The molecule has 1 aliphatic rings. The van der Waals surface area contributed by atoms with Crippen LogP contribution >= 0.6 is 11.3 Å². The van der Waals surface area contributed by atoms with Crippen LogP contribution in [0.15, 0.2) is 17.5 Å². The van der Waals surface area contributed by atoms with E-state index in [-0.39, 0.29) is 0 Å². The van der Waals surface area contributed by atoms with E-state index in [0.717, 1.165) is 0 Å². The van der Waals surface area contributed by atoms with Gasteiger partial charge >= 0.3 is 0 Å². The van der Waals surface area contributed by atoms with Crippen molar-refractivity contribution in [3.63, 3.8) is 0 Å². The average molecular weight is 237 g/mol. The molecule has 2 rings (SSSR count). The Hall–Kier alpha value is -0.340. The van der Waals surface area contributed by atoms with Gasteiger partial charge in [0.25, 0.3) is 0 Å². The first-order valence-corrected chi connectivity index (χ1v) is 7.38. The van der Waals surface area contributed by atoms with Crippen LogP contribution in [0.4, 0.5) is 0 Å². The topological polar surface area (TPSA) is 12.0 Å². The largest absolute Gasteiger partial charge is 0.316 e. The molecule has 90 valence electrons. The Morgan fingerprint density at radius 1 is 1.44 bits per heavy atom. The Morgan fingerprint density at radius 3 is 2.69 bits per heavy atom. The molecular formula is C14H23NS. The van der Waals surface area contributed by atoms with Crippen LogP contribution in [0.1, 0.15) is 43.9 Å². The van der Waals surface area contributed by atoms with Gasteiger partial charge in [0.05, 0.1) is 0 Å². The molecule has 2 heteroatoms. The van der Waals surface area contributed by atoms with Crippen molar-refractivity contribution < 1.29 is 0 Å². The monoisotopic (exact) mass is 237 g/mol. The second kappa shape index (κ2) is 5.33. The third kappa shape index (κ3) is 2.33. The lowest BCUT2D eigenvalue weighted by atomic mass is 9.75. The van der Waals surface area contributed by atoms with Crippen molar-refractivity contribution in [2.75, 3.05) is 7.05 Å². The van der Waals surface area contributed by atoms with Gasteiger partial charge < -0.3 is 5.32 Å². The quantitative estimate of drug-likeness (QED) is 0.820. The zero-order valence-corrected chi connectivity index (χ0v) is 11.3. The molecule has 0 aliphatic heterocycles. The van der Waals surface area contributed by atoms with E-state index in [0.29, 0.717) is 11.5 Å². The van der Waals surface area contributed by atoms with Gasteiger partial charge in [0.1, 0.15) is 0 Å². The summed E-state index contributed by atoms with van der Waals surface area (Å²) < 4.78 is 0. The summed E-state index contributed by atoms with van der Waals surface area (Å²) in [5.41, 5.74) is 0.568. The van der Waals surface area contributed by atoms with Crippen molar-refractivity contribution in [1.82, 2.24) is 5.32 Å². The van der Waals surface area contributed by atoms with E-state index in [4.69, 9.17) is 0 Å². The molecule has 1 aromatic heterocycles. The number of hydrogen-bond acceptors (Lipinski definition) is 2. The fraction of sp³-hybridized carbons (Fsp3) is 0.714. The van der Waals surface area contributed by atoms with E-state index in [9.17, 15) is 0 Å². The highest BCUT2D eigenvalue weighted by atomic mass is 32.1. The standard InChI is InChI=1S/C14H23NS/c1-3-14(8-4-5-9-14)13(15-2)11-12-7-6-10-16-12/h6-7,10,13,15H,3-5,8-9,11H2,1-2H3. The van der Waals surface area contributed by atoms with E-state index in [1.54, 1.807) is 0 Å². The molecule has 1 N–H and O–H groups in total. The van der Waals surface area contributed by atoms with Gasteiger partial charge in [-0.3, -0.25) is 0 Å². The van der Waals surface area contributed by atoms with E-state index >= 15 is 0 Å².